The smallest absolute Gasteiger partial charge is 0.416 e. The molecule has 33 heavy (non-hydrogen) atoms. The summed E-state index contributed by atoms with van der Waals surface area (Å²) in [7, 11) is -4.18. The van der Waals surface area contributed by atoms with Crippen molar-refractivity contribution in [3.63, 3.8) is 0 Å². The highest BCUT2D eigenvalue weighted by atomic mass is 32.3. The van der Waals surface area contributed by atoms with E-state index in [0.717, 1.165) is 16.4 Å². The molecule has 2 heterocycles. The number of hydrogen-bond donors (Lipinski definition) is 1. The first kappa shape index (κ1) is 23.3. The molecule has 6 nitrogen and oxygen atoms in total. The molecule has 0 amide bonds. The zero-order valence-corrected chi connectivity index (χ0v) is 18.8. The lowest BCUT2D eigenvalue weighted by molar-refractivity contribution is -0.137. The number of halogens is 3. The summed E-state index contributed by atoms with van der Waals surface area (Å²) >= 11 is 0. The van der Waals surface area contributed by atoms with Gasteiger partial charge in [0.05, 0.1) is 30.0 Å². The van der Waals surface area contributed by atoms with Crippen LogP contribution in [-0.4, -0.2) is 30.5 Å². The number of alkyl halides is 3. The number of benzene rings is 2. The van der Waals surface area contributed by atoms with Crippen LogP contribution in [0, 0.1) is 0 Å². The van der Waals surface area contributed by atoms with Gasteiger partial charge in [0.15, 0.2) is 15.3 Å². The quantitative estimate of drug-likeness (QED) is 0.537. The zero-order chi connectivity index (χ0) is 24.0. The summed E-state index contributed by atoms with van der Waals surface area (Å²) in [6, 6.07) is 10.1. The molecule has 1 N–H and O–H groups in total. The van der Waals surface area contributed by atoms with Crippen LogP contribution in [0.4, 0.5) is 13.2 Å². The van der Waals surface area contributed by atoms with Crippen molar-refractivity contribution in [1.29, 1.82) is 0 Å². The molecule has 174 valence electrons. The number of hydrogen-bond acceptors (Lipinski definition) is 5. The van der Waals surface area contributed by atoms with Gasteiger partial charge in [0, 0.05) is 29.5 Å². The van der Waals surface area contributed by atoms with Crippen LogP contribution in [-0.2, 0) is 33.8 Å². The maximum atomic E-state index is 13.2. The largest absolute Gasteiger partial charge is 0.593 e. The Balaban J connectivity index is 1.76. The van der Waals surface area contributed by atoms with Crippen molar-refractivity contribution in [3.8, 4) is 17.0 Å². The lowest BCUT2D eigenvalue weighted by Gasteiger charge is -2.32. The van der Waals surface area contributed by atoms with Crippen molar-refractivity contribution in [2.24, 2.45) is 0 Å². The molecular formula is C23H22F3N3O3S. The average Bonchev–Trinajstić information content (AvgIpc) is 2.78. The molecule has 3 aromatic rings. The molecule has 1 unspecified atom stereocenters. The highest BCUT2D eigenvalue weighted by molar-refractivity contribution is 7.95. The molecule has 0 fully saturated rings. The van der Waals surface area contributed by atoms with Crippen molar-refractivity contribution >= 4 is 10.4 Å². The van der Waals surface area contributed by atoms with E-state index in [4.69, 9.17) is 0 Å². The van der Waals surface area contributed by atoms with Crippen LogP contribution in [0.3, 0.4) is 0 Å². The second-order valence-electron chi connectivity index (χ2n) is 8.17. The first-order valence-electron chi connectivity index (χ1n) is 10.3. The van der Waals surface area contributed by atoms with Crippen molar-refractivity contribution in [2.45, 2.75) is 43.8 Å². The number of sulfonamides is 1. The van der Waals surface area contributed by atoms with Crippen LogP contribution in [0.15, 0.2) is 53.4 Å². The molecule has 0 aliphatic carbocycles. The fraction of sp³-hybridized carbons (Fsp3) is 0.304. The molecule has 1 atom stereocenters. The number of phenolic OH excluding ortho intramolecular Hbond substituents is 1. The van der Waals surface area contributed by atoms with E-state index in [1.54, 1.807) is 12.1 Å². The molecule has 1 aromatic heterocycles. The maximum absolute atomic E-state index is 13.2. The summed E-state index contributed by atoms with van der Waals surface area (Å²) in [5, 5.41) is 9.64. The normalized spacial score (nSPS) is 16.5. The SMILES string of the molecule is CC(C)c1nc2c(c(-c3ccc(O)cc3)n1)CN([S+](=O)([O-])c1cccc(C(F)(F)F)c1)CC2. The lowest BCUT2D eigenvalue weighted by atomic mass is 9.99. The average molecular weight is 478 g/mol. The molecule has 0 spiro atoms. The van der Waals surface area contributed by atoms with E-state index < -0.39 is 27.0 Å². The van der Waals surface area contributed by atoms with Gasteiger partial charge in [-0.05, 0) is 36.4 Å². The lowest BCUT2D eigenvalue weighted by Crippen LogP contribution is -2.41. The van der Waals surface area contributed by atoms with E-state index in [1.165, 1.54) is 18.2 Å². The van der Waals surface area contributed by atoms with Crippen molar-refractivity contribution in [3.05, 3.63) is 71.2 Å². The third-order valence-electron chi connectivity index (χ3n) is 5.50. The van der Waals surface area contributed by atoms with Gasteiger partial charge in [-0.2, -0.15) is 13.2 Å². The Morgan fingerprint density at radius 1 is 1.12 bits per heavy atom. The summed E-state index contributed by atoms with van der Waals surface area (Å²) in [6.45, 7) is 3.93. The fourth-order valence-corrected chi connectivity index (χ4v) is 5.17. The van der Waals surface area contributed by atoms with Crippen molar-refractivity contribution in [2.75, 3.05) is 6.54 Å². The minimum absolute atomic E-state index is 0.0398. The van der Waals surface area contributed by atoms with E-state index >= 15 is 0 Å². The van der Waals surface area contributed by atoms with E-state index in [0.29, 0.717) is 40.8 Å². The van der Waals surface area contributed by atoms with E-state index in [2.05, 4.69) is 9.97 Å². The minimum atomic E-state index is -4.65. The van der Waals surface area contributed by atoms with E-state index in [1.807, 2.05) is 13.8 Å². The van der Waals surface area contributed by atoms with Crippen LogP contribution in [0.1, 0.15) is 42.4 Å². The Labute approximate surface area is 190 Å². The topological polar surface area (TPSA) is 89.4 Å². The molecule has 10 heteroatoms. The predicted molar refractivity (Wildman–Crippen MR) is 116 cm³/mol. The maximum Gasteiger partial charge on any atom is 0.416 e. The fourth-order valence-electron chi connectivity index (χ4n) is 3.71. The molecule has 0 bridgehead atoms. The third kappa shape index (κ3) is 4.64. The van der Waals surface area contributed by atoms with Gasteiger partial charge >= 0.3 is 6.18 Å². The van der Waals surface area contributed by atoms with Gasteiger partial charge in [0.25, 0.3) is 0 Å². The second-order valence-corrected chi connectivity index (χ2v) is 10.1. The van der Waals surface area contributed by atoms with Crippen molar-refractivity contribution in [1.82, 2.24) is 14.3 Å². The van der Waals surface area contributed by atoms with Crippen molar-refractivity contribution < 1.29 is 27.0 Å². The first-order chi connectivity index (χ1) is 15.5. The highest BCUT2D eigenvalue weighted by Crippen LogP contribution is 2.36. The summed E-state index contributed by atoms with van der Waals surface area (Å²) in [5.41, 5.74) is 1.54. The van der Waals surface area contributed by atoms with Gasteiger partial charge in [-0.1, -0.05) is 24.1 Å². The van der Waals surface area contributed by atoms with Crippen LogP contribution >= 0.6 is 0 Å². The van der Waals surface area contributed by atoms with E-state index in [9.17, 15) is 27.0 Å². The van der Waals surface area contributed by atoms with Gasteiger partial charge in [-0.3, -0.25) is 0 Å². The molecular weight excluding hydrogens is 455 g/mol. The monoisotopic (exact) mass is 477 g/mol. The highest BCUT2D eigenvalue weighted by Gasteiger charge is 2.38. The number of nitrogens with zero attached hydrogens (tertiary/aromatic N) is 3. The minimum Gasteiger partial charge on any atom is -0.593 e. The predicted octanol–water partition coefficient (Wildman–Crippen LogP) is 4.95. The molecule has 0 saturated heterocycles. The number of aromatic hydroxyl groups is 1. The molecule has 0 radical (unpaired) electrons. The van der Waals surface area contributed by atoms with Crippen LogP contribution in [0.5, 0.6) is 5.75 Å². The van der Waals surface area contributed by atoms with Gasteiger partial charge in [0.2, 0.25) is 0 Å². The Kier molecular flexibility index (Phi) is 6.02. The number of rotatable bonds is 4. The second kappa shape index (κ2) is 8.51. The number of aromatic nitrogens is 2. The van der Waals surface area contributed by atoms with Gasteiger partial charge in [-0.15, -0.1) is 4.31 Å². The Bertz CT molecular complexity index is 1230. The Hall–Kier alpha value is -2.82. The number of phenols is 1. The van der Waals surface area contributed by atoms with E-state index in [-0.39, 0.29) is 24.8 Å². The Morgan fingerprint density at radius 2 is 1.82 bits per heavy atom. The zero-order valence-electron chi connectivity index (χ0n) is 18.0. The number of fused-ring (bicyclic) bond motifs is 1. The summed E-state index contributed by atoms with van der Waals surface area (Å²) in [4.78, 5) is 8.87. The molecule has 4 rings (SSSR count). The summed E-state index contributed by atoms with van der Waals surface area (Å²) < 4.78 is 67.0. The Morgan fingerprint density at radius 3 is 2.45 bits per heavy atom. The standard InChI is InChI=1S/C23H22F3N3O3S/c1-14(2)22-27-20-10-11-29(13-19(20)21(28-22)15-6-8-17(30)9-7-15)33(31,32)18-5-3-4-16(12-18)23(24,25)26/h3-9,12,14H,10-11,13H2,1-2H3,(H-,27,28,30,31,32). The van der Waals surface area contributed by atoms with Gasteiger partial charge < -0.3 is 9.66 Å². The van der Waals surface area contributed by atoms with Crippen LogP contribution in [0.2, 0.25) is 0 Å². The van der Waals surface area contributed by atoms with Crippen LogP contribution < -0.4 is 0 Å². The first-order valence-corrected chi connectivity index (χ1v) is 11.8. The molecule has 1 aliphatic heterocycles. The molecule has 2 aromatic carbocycles. The third-order valence-corrected chi connectivity index (χ3v) is 7.34. The molecule has 0 saturated carbocycles. The summed E-state index contributed by atoms with van der Waals surface area (Å²) in [6.07, 6.45) is -4.34. The van der Waals surface area contributed by atoms with Gasteiger partial charge in [0.1, 0.15) is 11.6 Å². The van der Waals surface area contributed by atoms with Crippen LogP contribution in [0.25, 0.3) is 11.3 Å². The molecule has 1 aliphatic rings. The van der Waals surface area contributed by atoms with Gasteiger partial charge in [-0.25, -0.2) is 9.97 Å². The summed E-state index contributed by atoms with van der Waals surface area (Å²) in [5.74, 6) is 0.739.